The number of pyridine rings is 1. The first-order valence-corrected chi connectivity index (χ1v) is 8.77. The van der Waals surface area contributed by atoms with Crippen LogP contribution in [-0.4, -0.2) is 51.8 Å². The summed E-state index contributed by atoms with van der Waals surface area (Å²) in [6.45, 7) is 3.71. The Morgan fingerprint density at radius 2 is 2.07 bits per heavy atom. The number of ether oxygens (including phenoxy) is 1. The van der Waals surface area contributed by atoms with Gasteiger partial charge in [0.1, 0.15) is 11.9 Å². The summed E-state index contributed by atoms with van der Waals surface area (Å²) in [6, 6.07) is 11.1. The van der Waals surface area contributed by atoms with Crippen molar-refractivity contribution in [1.29, 1.82) is 0 Å². The van der Waals surface area contributed by atoms with Gasteiger partial charge in [-0.1, -0.05) is 5.16 Å². The first-order valence-electron chi connectivity index (χ1n) is 8.77. The van der Waals surface area contributed by atoms with E-state index in [2.05, 4.69) is 20.4 Å². The van der Waals surface area contributed by atoms with E-state index in [-0.39, 0.29) is 12.1 Å². The second-order valence-electron chi connectivity index (χ2n) is 6.17. The number of urea groups is 1. The zero-order chi connectivity index (χ0) is 18.6. The highest BCUT2D eigenvalue weighted by Crippen LogP contribution is 2.25. The largest absolute Gasteiger partial charge is 0.487 e. The lowest BCUT2D eigenvalue weighted by atomic mass is 10.1. The van der Waals surface area contributed by atoms with Gasteiger partial charge >= 0.3 is 6.03 Å². The Morgan fingerprint density at radius 1 is 1.26 bits per heavy atom. The summed E-state index contributed by atoms with van der Waals surface area (Å²) in [5.41, 5.74) is 1.61. The molecule has 0 aliphatic carbocycles. The highest BCUT2D eigenvalue weighted by atomic mass is 16.5. The minimum Gasteiger partial charge on any atom is -0.487 e. The molecule has 138 valence electrons. The summed E-state index contributed by atoms with van der Waals surface area (Å²) in [4.78, 5) is 21.8. The van der Waals surface area contributed by atoms with Crippen LogP contribution < -0.4 is 10.1 Å². The molecule has 8 nitrogen and oxygen atoms in total. The number of amides is 2. The van der Waals surface area contributed by atoms with Crippen LogP contribution >= 0.6 is 0 Å². The van der Waals surface area contributed by atoms with E-state index in [0.29, 0.717) is 31.3 Å². The number of likely N-dealkylation sites (tertiary alicyclic amines) is 1. The van der Waals surface area contributed by atoms with Crippen molar-refractivity contribution in [2.24, 2.45) is 0 Å². The molecular formula is C19H19N5O3. The molecule has 0 radical (unpaired) electrons. The molecule has 2 aromatic heterocycles. The molecule has 1 aromatic carbocycles. The van der Waals surface area contributed by atoms with E-state index in [0.717, 1.165) is 16.9 Å². The predicted octanol–water partition coefficient (Wildman–Crippen LogP) is 2.59. The van der Waals surface area contributed by atoms with Crippen LogP contribution in [0.25, 0.3) is 22.8 Å². The van der Waals surface area contributed by atoms with Gasteiger partial charge in [-0.15, -0.1) is 0 Å². The Labute approximate surface area is 156 Å². The number of nitrogens with zero attached hydrogens (tertiary/aromatic N) is 4. The number of benzene rings is 1. The molecule has 0 unspecified atom stereocenters. The Hall–Kier alpha value is -3.42. The van der Waals surface area contributed by atoms with Crippen LogP contribution in [0.1, 0.15) is 6.92 Å². The van der Waals surface area contributed by atoms with Crippen molar-refractivity contribution >= 4 is 6.03 Å². The maximum Gasteiger partial charge on any atom is 0.317 e. The van der Waals surface area contributed by atoms with Gasteiger partial charge in [0.2, 0.25) is 5.82 Å². The maximum atomic E-state index is 11.7. The molecule has 3 aromatic rings. The lowest BCUT2D eigenvalue weighted by Crippen LogP contribution is -2.58. The lowest BCUT2D eigenvalue weighted by Gasteiger charge is -2.38. The molecule has 8 heteroatoms. The van der Waals surface area contributed by atoms with Crippen LogP contribution in [0.5, 0.6) is 5.75 Å². The van der Waals surface area contributed by atoms with E-state index < -0.39 is 0 Å². The highest BCUT2D eigenvalue weighted by Gasteiger charge is 2.31. The molecule has 1 N–H and O–H groups in total. The average molecular weight is 365 g/mol. The monoisotopic (exact) mass is 365 g/mol. The molecule has 2 amide bonds. The van der Waals surface area contributed by atoms with Crippen molar-refractivity contribution in [3.63, 3.8) is 0 Å². The van der Waals surface area contributed by atoms with E-state index in [1.807, 2.05) is 43.3 Å². The molecule has 0 saturated carbocycles. The van der Waals surface area contributed by atoms with Crippen LogP contribution in [0.4, 0.5) is 4.79 Å². The van der Waals surface area contributed by atoms with E-state index in [1.165, 1.54) is 0 Å². The molecule has 0 bridgehead atoms. The second kappa shape index (κ2) is 7.45. The lowest BCUT2D eigenvalue weighted by molar-refractivity contribution is 0.0447. The predicted molar refractivity (Wildman–Crippen MR) is 98.0 cm³/mol. The summed E-state index contributed by atoms with van der Waals surface area (Å²) < 4.78 is 11.2. The van der Waals surface area contributed by atoms with Gasteiger partial charge in [0, 0.05) is 24.5 Å². The topological polar surface area (TPSA) is 93.4 Å². The summed E-state index contributed by atoms with van der Waals surface area (Å²) in [6.07, 6.45) is 3.38. The van der Waals surface area contributed by atoms with E-state index in [9.17, 15) is 4.79 Å². The van der Waals surface area contributed by atoms with Gasteiger partial charge in [-0.2, -0.15) is 4.98 Å². The van der Waals surface area contributed by atoms with Crippen LogP contribution in [0.2, 0.25) is 0 Å². The molecule has 27 heavy (non-hydrogen) atoms. The van der Waals surface area contributed by atoms with Gasteiger partial charge in [-0.3, -0.25) is 4.98 Å². The molecule has 1 aliphatic heterocycles. The van der Waals surface area contributed by atoms with E-state index in [4.69, 9.17) is 9.26 Å². The maximum absolute atomic E-state index is 11.7. The Kier molecular flexibility index (Phi) is 4.69. The molecule has 1 fully saturated rings. The first-order chi connectivity index (χ1) is 13.2. The summed E-state index contributed by atoms with van der Waals surface area (Å²) in [7, 11) is 0. The second-order valence-corrected chi connectivity index (χ2v) is 6.17. The molecule has 1 aliphatic rings. The molecule has 3 heterocycles. The SMILES string of the molecule is CCNC(=O)N1CC(Oc2ccc(-c3noc(-c4cccnc4)n3)cc2)C1. The van der Waals surface area contributed by atoms with Gasteiger partial charge in [-0.25, -0.2) is 4.79 Å². The Morgan fingerprint density at radius 3 is 2.78 bits per heavy atom. The number of carbonyl (C=O) groups excluding carboxylic acids is 1. The van der Waals surface area contributed by atoms with Gasteiger partial charge in [-0.05, 0) is 43.3 Å². The Bertz CT molecular complexity index is 905. The molecular weight excluding hydrogens is 346 g/mol. The summed E-state index contributed by atoms with van der Waals surface area (Å²) in [5.74, 6) is 1.68. The minimum atomic E-state index is -0.0470. The fourth-order valence-corrected chi connectivity index (χ4v) is 2.76. The summed E-state index contributed by atoms with van der Waals surface area (Å²) >= 11 is 0. The quantitative estimate of drug-likeness (QED) is 0.747. The number of nitrogens with one attached hydrogen (secondary N) is 1. The van der Waals surface area contributed by atoms with E-state index in [1.54, 1.807) is 17.3 Å². The third kappa shape index (κ3) is 3.74. The highest BCUT2D eigenvalue weighted by molar-refractivity contribution is 5.75. The number of aromatic nitrogens is 3. The standard InChI is InChI=1S/C19H19N5O3/c1-2-21-19(25)24-11-16(12-24)26-15-7-5-13(6-8-15)17-22-18(27-23-17)14-4-3-9-20-10-14/h3-10,16H,2,11-12H2,1H3,(H,21,25). The number of carbonyl (C=O) groups is 1. The van der Waals surface area contributed by atoms with Crippen molar-refractivity contribution in [2.75, 3.05) is 19.6 Å². The number of hydrogen-bond donors (Lipinski definition) is 1. The van der Waals surface area contributed by atoms with Crippen LogP contribution in [0.15, 0.2) is 53.3 Å². The van der Waals surface area contributed by atoms with Gasteiger partial charge in [0.25, 0.3) is 5.89 Å². The average Bonchev–Trinajstić information content (AvgIpc) is 3.16. The smallest absolute Gasteiger partial charge is 0.317 e. The first kappa shape index (κ1) is 17.0. The van der Waals surface area contributed by atoms with Crippen molar-refractivity contribution in [2.45, 2.75) is 13.0 Å². The normalized spacial score (nSPS) is 13.9. The van der Waals surface area contributed by atoms with Crippen LogP contribution in [0.3, 0.4) is 0 Å². The summed E-state index contributed by atoms with van der Waals surface area (Å²) in [5, 5.41) is 6.80. The van der Waals surface area contributed by atoms with Crippen molar-refractivity contribution in [1.82, 2.24) is 25.3 Å². The van der Waals surface area contributed by atoms with Crippen molar-refractivity contribution < 1.29 is 14.1 Å². The van der Waals surface area contributed by atoms with Crippen LogP contribution in [0, 0.1) is 0 Å². The molecule has 0 atom stereocenters. The molecule has 4 rings (SSSR count). The van der Waals surface area contributed by atoms with Crippen LogP contribution in [-0.2, 0) is 0 Å². The van der Waals surface area contributed by atoms with Crippen molar-refractivity contribution in [3.8, 4) is 28.6 Å². The third-order valence-corrected chi connectivity index (χ3v) is 4.21. The molecule has 1 saturated heterocycles. The fourth-order valence-electron chi connectivity index (χ4n) is 2.76. The van der Waals surface area contributed by atoms with Crippen molar-refractivity contribution in [3.05, 3.63) is 48.8 Å². The van der Waals surface area contributed by atoms with E-state index >= 15 is 0 Å². The minimum absolute atomic E-state index is 0.0146. The molecule has 0 spiro atoms. The zero-order valence-electron chi connectivity index (χ0n) is 14.8. The van der Waals surface area contributed by atoms with Gasteiger partial charge < -0.3 is 19.5 Å². The number of rotatable bonds is 5. The van der Waals surface area contributed by atoms with Gasteiger partial charge in [0.15, 0.2) is 0 Å². The number of hydrogen-bond acceptors (Lipinski definition) is 6. The zero-order valence-corrected chi connectivity index (χ0v) is 14.8. The van der Waals surface area contributed by atoms with Gasteiger partial charge in [0.05, 0.1) is 18.7 Å². The third-order valence-electron chi connectivity index (χ3n) is 4.21. The Balaban J connectivity index is 1.36. The fraction of sp³-hybridized carbons (Fsp3) is 0.263.